The van der Waals surface area contributed by atoms with Crippen molar-refractivity contribution in [1.82, 2.24) is 4.98 Å². The van der Waals surface area contributed by atoms with Crippen LogP contribution in [0.3, 0.4) is 0 Å². The topological polar surface area (TPSA) is 82.8 Å². The number of carbonyl (C=O) groups excluding carboxylic acids is 1. The Morgan fingerprint density at radius 2 is 1.77 bits per heavy atom. The van der Waals surface area contributed by atoms with E-state index in [2.05, 4.69) is 10.3 Å². The molecule has 4 aromatic rings. The number of ether oxygens (including phenoxy) is 3. The van der Waals surface area contributed by atoms with E-state index in [1.165, 1.54) is 6.20 Å². The highest BCUT2D eigenvalue weighted by molar-refractivity contribution is 6.06. The van der Waals surface area contributed by atoms with Crippen molar-refractivity contribution < 1.29 is 23.4 Å². The lowest BCUT2D eigenvalue weighted by Gasteiger charge is -2.08. The lowest BCUT2D eigenvalue weighted by molar-refractivity contribution is 0.0995. The van der Waals surface area contributed by atoms with Crippen molar-refractivity contribution in [2.75, 3.05) is 25.6 Å². The highest BCUT2D eigenvalue weighted by Gasteiger charge is 2.21. The summed E-state index contributed by atoms with van der Waals surface area (Å²) in [5, 5.41) is 3.66. The standard InChI is InChI=1S/C24H22N2O5/c1-28-13-14-29-22-12-11-17(15-25-22)26-24(27)23-20(16-30-18-7-3-2-4-8-18)19-9-5-6-10-21(19)31-23/h2-12,15H,13-14,16H2,1H3,(H,26,27). The number of aromatic nitrogens is 1. The van der Waals surface area contributed by atoms with Gasteiger partial charge in [-0.05, 0) is 24.3 Å². The average Bonchev–Trinajstić information content (AvgIpc) is 3.18. The van der Waals surface area contributed by atoms with Gasteiger partial charge >= 0.3 is 0 Å². The molecule has 2 aromatic carbocycles. The van der Waals surface area contributed by atoms with Crippen LogP contribution in [0.15, 0.2) is 77.3 Å². The summed E-state index contributed by atoms with van der Waals surface area (Å²) in [6.45, 7) is 1.08. The minimum atomic E-state index is -0.377. The molecular weight excluding hydrogens is 396 g/mol. The molecule has 31 heavy (non-hydrogen) atoms. The molecule has 1 amide bonds. The molecule has 0 spiro atoms. The Labute approximate surface area is 179 Å². The van der Waals surface area contributed by atoms with Crippen LogP contribution in [0.4, 0.5) is 5.69 Å². The van der Waals surface area contributed by atoms with Gasteiger partial charge in [-0.15, -0.1) is 0 Å². The molecule has 0 aliphatic heterocycles. The van der Waals surface area contributed by atoms with E-state index in [0.717, 1.165) is 5.39 Å². The van der Waals surface area contributed by atoms with Gasteiger partial charge in [0.1, 0.15) is 24.5 Å². The summed E-state index contributed by atoms with van der Waals surface area (Å²) in [5.74, 6) is 0.999. The van der Waals surface area contributed by atoms with Gasteiger partial charge in [0.25, 0.3) is 5.91 Å². The first-order chi connectivity index (χ1) is 15.2. The van der Waals surface area contributed by atoms with E-state index >= 15 is 0 Å². The number of anilines is 1. The van der Waals surface area contributed by atoms with Crippen LogP contribution in [-0.2, 0) is 11.3 Å². The summed E-state index contributed by atoms with van der Waals surface area (Å²) >= 11 is 0. The number of hydrogen-bond donors (Lipinski definition) is 1. The van der Waals surface area contributed by atoms with E-state index in [4.69, 9.17) is 18.6 Å². The molecule has 0 unspecified atom stereocenters. The second-order valence-electron chi connectivity index (χ2n) is 6.69. The quantitative estimate of drug-likeness (QED) is 0.397. The molecule has 2 aromatic heterocycles. The Kier molecular flexibility index (Phi) is 6.44. The summed E-state index contributed by atoms with van der Waals surface area (Å²) in [7, 11) is 1.60. The number of fused-ring (bicyclic) bond motifs is 1. The second kappa shape index (κ2) is 9.77. The van der Waals surface area contributed by atoms with Crippen molar-refractivity contribution in [2.24, 2.45) is 0 Å². The van der Waals surface area contributed by atoms with Gasteiger partial charge in [-0.25, -0.2) is 4.98 Å². The molecule has 4 rings (SSSR count). The molecule has 0 fully saturated rings. The number of para-hydroxylation sites is 2. The molecule has 0 radical (unpaired) electrons. The molecule has 1 N–H and O–H groups in total. The molecule has 0 aliphatic carbocycles. The van der Waals surface area contributed by atoms with Gasteiger partial charge in [-0.1, -0.05) is 36.4 Å². The molecule has 7 heteroatoms. The van der Waals surface area contributed by atoms with E-state index in [1.807, 2.05) is 54.6 Å². The maximum Gasteiger partial charge on any atom is 0.291 e. The fraction of sp³-hybridized carbons (Fsp3) is 0.167. The lowest BCUT2D eigenvalue weighted by atomic mass is 10.1. The first kappa shape index (κ1) is 20.4. The Hall–Kier alpha value is -3.84. The van der Waals surface area contributed by atoms with Crippen molar-refractivity contribution in [3.63, 3.8) is 0 Å². The third-order valence-corrected chi connectivity index (χ3v) is 4.56. The molecule has 2 heterocycles. The fourth-order valence-electron chi connectivity index (χ4n) is 3.05. The minimum Gasteiger partial charge on any atom is -0.489 e. The maximum atomic E-state index is 13.0. The van der Waals surface area contributed by atoms with E-state index in [-0.39, 0.29) is 18.3 Å². The summed E-state index contributed by atoms with van der Waals surface area (Å²) in [4.78, 5) is 17.2. The summed E-state index contributed by atoms with van der Waals surface area (Å²) < 4.78 is 22.1. The molecule has 0 aliphatic rings. The van der Waals surface area contributed by atoms with Crippen LogP contribution in [0.5, 0.6) is 11.6 Å². The van der Waals surface area contributed by atoms with Crippen LogP contribution in [0.25, 0.3) is 11.0 Å². The number of nitrogens with one attached hydrogen (secondary N) is 1. The highest BCUT2D eigenvalue weighted by Crippen LogP contribution is 2.28. The fourth-order valence-corrected chi connectivity index (χ4v) is 3.05. The Bertz CT molecular complexity index is 1140. The van der Waals surface area contributed by atoms with Crippen LogP contribution in [0.1, 0.15) is 16.1 Å². The second-order valence-corrected chi connectivity index (χ2v) is 6.69. The number of carbonyl (C=O) groups is 1. The Morgan fingerprint density at radius 1 is 0.968 bits per heavy atom. The van der Waals surface area contributed by atoms with E-state index in [1.54, 1.807) is 19.2 Å². The SMILES string of the molecule is COCCOc1ccc(NC(=O)c2oc3ccccc3c2COc2ccccc2)cn1. The molecular formula is C24H22N2O5. The van der Waals surface area contributed by atoms with E-state index in [9.17, 15) is 4.79 Å². The van der Waals surface area contributed by atoms with Crippen LogP contribution >= 0.6 is 0 Å². The van der Waals surface area contributed by atoms with Gasteiger partial charge in [0.05, 0.1) is 18.5 Å². The summed E-state index contributed by atoms with van der Waals surface area (Å²) in [5.41, 5.74) is 1.84. The third-order valence-electron chi connectivity index (χ3n) is 4.56. The zero-order chi connectivity index (χ0) is 21.5. The van der Waals surface area contributed by atoms with Crippen molar-refractivity contribution in [3.8, 4) is 11.6 Å². The monoisotopic (exact) mass is 418 g/mol. The molecule has 0 saturated heterocycles. The van der Waals surface area contributed by atoms with Gasteiger partial charge < -0.3 is 23.9 Å². The zero-order valence-electron chi connectivity index (χ0n) is 17.0. The molecule has 0 bridgehead atoms. The van der Waals surface area contributed by atoms with Crippen molar-refractivity contribution >= 4 is 22.6 Å². The van der Waals surface area contributed by atoms with Gasteiger partial charge in [0, 0.05) is 24.1 Å². The van der Waals surface area contributed by atoms with Gasteiger partial charge in [0.15, 0.2) is 5.76 Å². The molecule has 0 saturated carbocycles. The molecule has 7 nitrogen and oxygen atoms in total. The number of rotatable bonds is 9. The van der Waals surface area contributed by atoms with Crippen molar-refractivity contribution in [2.45, 2.75) is 6.61 Å². The number of pyridine rings is 1. The predicted octanol–water partition coefficient (Wildman–Crippen LogP) is 4.68. The average molecular weight is 418 g/mol. The van der Waals surface area contributed by atoms with Gasteiger partial charge in [-0.2, -0.15) is 0 Å². The van der Waals surface area contributed by atoms with Crippen LogP contribution in [0.2, 0.25) is 0 Å². The smallest absolute Gasteiger partial charge is 0.291 e. The van der Waals surface area contributed by atoms with Gasteiger partial charge in [0.2, 0.25) is 5.88 Å². The van der Waals surface area contributed by atoms with Gasteiger partial charge in [-0.3, -0.25) is 4.79 Å². The van der Waals surface area contributed by atoms with E-state index < -0.39 is 0 Å². The van der Waals surface area contributed by atoms with Crippen LogP contribution in [-0.4, -0.2) is 31.2 Å². The summed E-state index contributed by atoms with van der Waals surface area (Å²) in [6.07, 6.45) is 1.53. The first-order valence-electron chi connectivity index (χ1n) is 9.82. The number of nitrogens with zero attached hydrogens (tertiary/aromatic N) is 1. The first-order valence-corrected chi connectivity index (χ1v) is 9.82. The Balaban J connectivity index is 1.52. The predicted molar refractivity (Wildman–Crippen MR) is 117 cm³/mol. The maximum absolute atomic E-state index is 13.0. The van der Waals surface area contributed by atoms with Crippen molar-refractivity contribution in [1.29, 1.82) is 0 Å². The van der Waals surface area contributed by atoms with Crippen molar-refractivity contribution in [3.05, 3.63) is 84.3 Å². The number of hydrogen-bond acceptors (Lipinski definition) is 6. The third kappa shape index (κ3) is 5.02. The highest BCUT2D eigenvalue weighted by atomic mass is 16.5. The largest absolute Gasteiger partial charge is 0.489 e. The molecule has 158 valence electrons. The summed E-state index contributed by atoms with van der Waals surface area (Å²) in [6, 6.07) is 20.3. The number of furan rings is 1. The lowest BCUT2D eigenvalue weighted by Crippen LogP contribution is -2.14. The van der Waals surface area contributed by atoms with Crippen LogP contribution < -0.4 is 14.8 Å². The minimum absolute atomic E-state index is 0.203. The number of amides is 1. The number of methoxy groups -OCH3 is 1. The Morgan fingerprint density at radius 3 is 2.55 bits per heavy atom. The zero-order valence-corrected chi connectivity index (χ0v) is 17.0. The van der Waals surface area contributed by atoms with E-state index in [0.29, 0.717) is 41.7 Å². The number of benzene rings is 2. The molecule has 0 atom stereocenters. The van der Waals surface area contributed by atoms with Crippen LogP contribution in [0, 0.1) is 0 Å². The normalized spacial score (nSPS) is 10.7.